The van der Waals surface area contributed by atoms with E-state index in [1.54, 1.807) is 30.2 Å². The summed E-state index contributed by atoms with van der Waals surface area (Å²) in [6.07, 6.45) is 0. The highest BCUT2D eigenvalue weighted by Crippen LogP contribution is 2.21. The van der Waals surface area contributed by atoms with Crippen molar-refractivity contribution in [2.75, 3.05) is 12.8 Å². The first kappa shape index (κ1) is 13.0. The Bertz CT molecular complexity index is 575. The Morgan fingerprint density at radius 1 is 1.44 bits per heavy atom. The van der Waals surface area contributed by atoms with Crippen LogP contribution in [0, 0.1) is 13.8 Å². The normalized spacial score (nSPS) is 10.6. The minimum atomic E-state index is -0.0626. The predicted octanol–water partition coefficient (Wildman–Crippen LogP) is 2.07. The second-order valence-electron chi connectivity index (χ2n) is 3.99. The van der Waals surface area contributed by atoms with E-state index in [1.807, 2.05) is 12.3 Å². The summed E-state index contributed by atoms with van der Waals surface area (Å²) >= 11 is 2.81. The molecule has 2 rings (SSSR count). The van der Waals surface area contributed by atoms with Crippen molar-refractivity contribution in [3.8, 4) is 0 Å². The van der Waals surface area contributed by atoms with Crippen molar-refractivity contribution in [1.29, 1.82) is 0 Å². The molecule has 96 valence electrons. The third-order valence-electron chi connectivity index (χ3n) is 2.42. The Labute approximate surface area is 113 Å². The van der Waals surface area contributed by atoms with Crippen molar-refractivity contribution in [1.82, 2.24) is 14.9 Å². The first-order valence-corrected chi connectivity index (χ1v) is 7.06. The molecule has 0 radical (unpaired) electrons. The summed E-state index contributed by atoms with van der Waals surface area (Å²) in [6, 6.07) is 0. The largest absolute Gasteiger partial charge is 0.375 e. The highest BCUT2D eigenvalue weighted by molar-refractivity contribution is 7.17. The highest BCUT2D eigenvalue weighted by Gasteiger charge is 2.18. The topological polar surface area (TPSA) is 72.1 Å². The molecule has 7 heteroatoms. The maximum atomic E-state index is 12.2. The number of hydrogen-bond acceptors (Lipinski definition) is 6. The Hall–Kier alpha value is -1.47. The molecule has 0 aromatic carbocycles. The average molecular weight is 282 g/mol. The van der Waals surface area contributed by atoms with Gasteiger partial charge >= 0.3 is 0 Å². The number of thiazole rings is 2. The third-order valence-corrected chi connectivity index (χ3v) is 4.22. The predicted molar refractivity (Wildman–Crippen MR) is 73.9 cm³/mol. The lowest BCUT2D eigenvalue weighted by molar-refractivity contribution is 0.0787. The molecule has 1 amide bonds. The van der Waals surface area contributed by atoms with Gasteiger partial charge in [-0.3, -0.25) is 4.79 Å². The van der Waals surface area contributed by atoms with Crippen LogP contribution in [0.3, 0.4) is 0 Å². The minimum Gasteiger partial charge on any atom is -0.375 e. The Balaban J connectivity index is 2.11. The zero-order valence-corrected chi connectivity index (χ0v) is 12.1. The van der Waals surface area contributed by atoms with Gasteiger partial charge in [0.05, 0.1) is 22.9 Å². The summed E-state index contributed by atoms with van der Waals surface area (Å²) in [5.74, 6) is -0.0626. The fraction of sp³-hybridized carbons (Fsp3) is 0.364. The van der Waals surface area contributed by atoms with Crippen LogP contribution in [-0.2, 0) is 6.54 Å². The molecular formula is C11H14N4OS2. The molecule has 2 aromatic heterocycles. The molecule has 5 nitrogen and oxygen atoms in total. The highest BCUT2D eigenvalue weighted by atomic mass is 32.1. The van der Waals surface area contributed by atoms with Gasteiger partial charge in [0, 0.05) is 12.4 Å². The van der Waals surface area contributed by atoms with Crippen molar-refractivity contribution >= 4 is 33.7 Å². The van der Waals surface area contributed by atoms with Crippen LogP contribution in [0.1, 0.15) is 26.1 Å². The fourth-order valence-corrected chi connectivity index (χ4v) is 3.02. The zero-order chi connectivity index (χ0) is 13.3. The van der Waals surface area contributed by atoms with Crippen molar-refractivity contribution in [3.05, 3.63) is 26.7 Å². The lowest BCUT2D eigenvalue weighted by Crippen LogP contribution is -2.26. The van der Waals surface area contributed by atoms with Crippen LogP contribution in [0.15, 0.2) is 5.38 Å². The van der Waals surface area contributed by atoms with Crippen LogP contribution in [0.25, 0.3) is 0 Å². The van der Waals surface area contributed by atoms with Gasteiger partial charge in [0.1, 0.15) is 4.88 Å². The minimum absolute atomic E-state index is 0.0626. The van der Waals surface area contributed by atoms with E-state index in [9.17, 15) is 4.79 Å². The van der Waals surface area contributed by atoms with Crippen LogP contribution in [0.2, 0.25) is 0 Å². The maximum absolute atomic E-state index is 12.2. The number of rotatable bonds is 3. The first-order chi connectivity index (χ1) is 8.47. The van der Waals surface area contributed by atoms with Gasteiger partial charge in [-0.05, 0) is 13.8 Å². The van der Waals surface area contributed by atoms with E-state index >= 15 is 0 Å². The summed E-state index contributed by atoms with van der Waals surface area (Å²) in [5, 5.41) is 3.39. The Morgan fingerprint density at radius 2 is 2.17 bits per heavy atom. The molecule has 2 aromatic rings. The standard InChI is InChI=1S/C11H14N4OS2/c1-6-9(18-11(12)13-6)10(16)15(3)4-8-5-17-7(2)14-8/h5H,4H2,1-3H3,(H2,12,13). The summed E-state index contributed by atoms with van der Waals surface area (Å²) in [4.78, 5) is 22.8. The van der Waals surface area contributed by atoms with Crippen molar-refractivity contribution in [3.63, 3.8) is 0 Å². The Kier molecular flexibility index (Phi) is 3.63. The number of amides is 1. The van der Waals surface area contributed by atoms with Crippen LogP contribution in [0.5, 0.6) is 0 Å². The number of aromatic nitrogens is 2. The second kappa shape index (κ2) is 5.03. The lowest BCUT2D eigenvalue weighted by atomic mass is 10.3. The summed E-state index contributed by atoms with van der Waals surface area (Å²) in [7, 11) is 1.76. The second-order valence-corrected chi connectivity index (χ2v) is 6.08. The van der Waals surface area contributed by atoms with E-state index in [4.69, 9.17) is 5.73 Å². The van der Waals surface area contributed by atoms with E-state index in [0.29, 0.717) is 22.2 Å². The van der Waals surface area contributed by atoms with Crippen LogP contribution in [0.4, 0.5) is 5.13 Å². The summed E-state index contributed by atoms with van der Waals surface area (Å²) in [6.45, 7) is 4.24. The third kappa shape index (κ3) is 2.68. The number of carbonyl (C=O) groups is 1. The van der Waals surface area contributed by atoms with Gasteiger partial charge in [0.2, 0.25) is 0 Å². The van der Waals surface area contributed by atoms with E-state index < -0.39 is 0 Å². The number of nitrogens with zero attached hydrogens (tertiary/aromatic N) is 3. The first-order valence-electron chi connectivity index (χ1n) is 5.36. The number of hydrogen-bond donors (Lipinski definition) is 1. The number of anilines is 1. The smallest absolute Gasteiger partial charge is 0.266 e. The molecular weight excluding hydrogens is 268 g/mol. The van der Waals surface area contributed by atoms with Crippen LogP contribution >= 0.6 is 22.7 Å². The molecule has 0 saturated heterocycles. The van der Waals surface area contributed by atoms with E-state index in [0.717, 1.165) is 10.7 Å². The van der Waals surface area contributed by atoms with Gasteiger partial charge in [0.25, 0.3) is 5.91 Å². The quantitative estimate of drug-likeness (QED) is 0.935. The van der Waals surface area contributed by atoms with E-state index in [2.05, 4.69) is 9.97 Å². The maximum Gasteiger partial charge on any atom is 0.266 e. The fourth-order valence-electron chi connectivity index (χ4n) is 1.58. The molecule has 0 aliphatic carbocycles. The monoisotopic (exact) mass is 282 g/mol. The molecule has 0 aliphatic rings. The van der Waals surface area contributed by atoms with Gasteiger partial charge in [-0.25, -0.2) is 9.97 Å². The summed E-state index contributed by atoms with van der Waals surface area (Å²) < 4.78 is 0. The Morgan fingerprint density at radius 3 is 2.67 bits per heavy atom. The molecule has 0 spiro atoms. The van der Waals surface area contributed by atoms with Crippen molar-refractivity contribution < 1.29 is 4.79 Å². The number of nitrogen functional groups attached to an aromatic ring is 1. The van der Waals surface area contributed by atoms with Crippen LogP contribution < -0.4 is 5.73 Å². The molecule has 18 heavy (non-hydrogen) atoms. The SMILES string of the molecule is Cc1nc(CN(C)C(=O)c2sc(N)nc2C)cs1. The van der Waals surface area contributed by atoms with Gasteiger partial charge in [-0.15, -0.1) is 11.3 Å². The molecule has 0 saturated carbocycles. The number of aryl methyl sites for hydroxylation is 2. The van der Waals surface area contributed by atoms with Gasteiger partial charge in [-0.2, -0.15) is 0 Å². The number of nitrogens with two attached hydrogens (primary N) is 1. The van der Waals surface area contributed by atoms with Crippen molar-refractivity contribution in [2.45, 2.75) is 20.4 Å². The summed E-state index contributed by atoms with van der Waals surface area (Å²) in [5.41, 5.74) is 7.19. The molecule has 2 heterocycles. The van der Waals surface area contributed by atoms with Gasteiger partial charge in [-0.1, -0.05) is 11.3 Å². The van der Waals surface area contributed by atoms with Gasteiger partial charge < -0.3 is 10.6 Å². The molecule has 0 aliphatic heterocycles. The van der Waals surface area contributed by atoms with Crippen molar-refractivity contribution in [2.24, 2.45) is 0 Å². The van der Waals surface area contributed by atoms with E-state index in [-0.39, 0.29) is 5.91 Å². The molecule has 2 N–H and O–H groups in total. The van der Waals surface area contributed by atoms with Gasteiger partial charge in [0.15, 0.2) is 5.13 Å². The average Bonchev–Trinajstić information content (AvgIpc) is 2.84. The molecule has 0 fully saturated rings. The zero-order valence-electron chi connectivity index (χ0n) is 10.4. The lowest BCUT2D eigenvalue weighted by Gasteiger charge is -2.14. The molecule has 0 bridgehead atoms. The van der Waals surface area contributed by atoms with E-state index in [1.165, 1.54) is 11.3 Å². The number of carbonyl (C=O) groups excluding carboxylic acids is 1. The molecule has 0 unspecified atom stereocenters. The van der Waals surface area contributed by atoms with Crippen LogP contribution in [-0.4, -0.2) is 27.8 Å². The molecule has 0 atom stereocenters.